The third kappa shape index (κ3) is 8.03. The SMILES string of the molecule is O=C1CC2=CC(=C(OP(=O)([O-])[O-])C=CC2)Oc2ccc(cc2)/C=C\CO1.[Na+].[Na+]. The molecule has 1 aromatic carbocycles. The summed E-state index contributed by atoms with van der Waals surface area (Å²) >= 11 is 0. The average Bonchev–Trinajstić information content (AvgIpc) is 2.73. The Bertz CT molecular complexity index is 866. The van der Waals surface area contributed by atoms with E-state index in [1.165, 1.54) is 12.2 Å². The van der Waals surface area contributed by atoms with Gasteiger partial charge < -0.3 is 28.3 Å². The van der Waals surface area contributed by atoms with Crippen LogP contribution in [-0.2, 0) is 18.6 Å². The maximum Gasteiger partial charge on any atom is 1.00 e. The summed E-state index contributed by atoms with van der Waals surface area (Å²) in [6.45, 7) is 0.146. The van der Waals surface area contributed by atoms with Crippen molar-refractivity contribution in [1.82, 2.24) is 0 Å². The molecule has 1 aliphatic carbocycles. The molecule has 7 nitrogen and oxygen atoms in total. The van der Waals surface area contributed by atoms with Gasteiger partial charge >= 0.3 is 65.1 Å². The number of phosphoric acid groups is 1. The standard InChI is InChI=1S/C18H17O7P.2Na/c19-18-12-14-3-1-5-16(25-26(20,21)22)17(11-14)24-15-8-6-13(7-9-15)4-2-10-23-18;;/h1-2,4-9,11H,3,10,12H2,(H2,20,21,22);;/q;2*+1/p-2/b4-2-;;. The van der Waals surface area contributed by atoms with Crippen LogP contribution in [0.2, 0.25) is 0 Å². The third-order valence-corrected chi connectivity index (χ3v) is 3.99. The second kappa shape index (κ2) is 11.6. The Morgan fingerprint density at radius 1 is 1.04 bits per heavy atom. The Kier molecular flexibility index (Phi) is 10.5. The molecule has 3 aliphatic rings. The Hall–Kier alpha value is -0.600. The van der Waals surface area contributed by atoms with Crippen molar-refractivity contribution in [3.05, 3.63) is 71.2 Å². The summed E-state index contributed by atoms with van der Waals surface area (Å²) in [4.78, 5) is 34.0. The minimum atomic E-state index is -5.27. The molecule has 10 heteroatoms. The Morgan fingerprint density at radius 2 is 1.75 bits per heavy atom. The number of benzene rings is 1. The van der Waals surface area contributed by atoms with E-state index < -0.39 is 13.8 Å². The first-order valence-corrected chi connectivity index (χ1v) is 9.27. The van der Waals surface area contributed by atoms with Gasteiger partial charge in [-0.1, -0.05) is 29.9 Å². The Labute approximate surface area is 207 Å². The molecular formula is C18H15Na2O7P. The summed E-state index contributed by atoms with van der Waals surface area (Å²) in [7, 11) is -5.27. The van der Waals surface area contributed by atoms with E-state index in [0.29, 0.717) is 17.7 Å². The van der Waals surface area contributed by atoms with E-state index in [4.69, 9.17) is 9.47 Å². The van der Waals surface area contributed by atoms with Crippen LogP contribution < -0.4 is 73.6 Å². The summed E-state index contributed by atoms with van der Waals surface area (Å²) < 4.78 is 26.4. The summed E-state index contributed by atoms with van der Waals surface area (Å²) in [6, 6.07) is 6.95. The number of ether oxygens (including phenoxy) is 2. The van der Waals surface area contributed by atoms with Gasteiger partial charge in [-0.25, -0.2) is 0 Å². The molecule has 0 N–H and O–H groups in total. The molecule has 0 atom stereocenters. The first-order valence-electron chi connectivity index (χ1n) is 7.81. The molecule has 0 aromatic heterocycles. The van der Waals surface area contributed by atoms with E-state index in [9.17, 15) is 19.1 Å². The van der Waals surface area contributed by atoms with Gasteiger partial charge in [0.15, 0.2) is 11.5 Å². The van der Waals surface area contributed by atoms with E-state index in [-0.39, 0.29) is 83.7 Å². The van der Waals surface area contributed by atoms with Crippen LogP contribution in [0.15, 0.2) is 65.7 Å². The van der Waals surface area contributed by atoms with Gasteiger partial charge in [-0.05, 0) is 42.3 Å². The summed E-state index contributed by atoms with van der Waals surface area (Å²) in [6.07, 6.45) is 8.30. The van der Waals surface area contributed by atoms with Crippen molar-refractivity contribution in [2.24, 2.45) is 0 Å². The second-order valence-electron chi connectivity index (χ2n) is 5.61. The maximum atomic E-state index is 11.9. The summed E-state index contributed by atoms with van der Waals surface area (Å²) in [5.41, 5.74) is 1.50. The van der Waals surface area contributed by atoms with Gasteiger partial charge in [-0.2, -0.15) is 0 Å². The van der Waals surface area contributed by atoms with E-state index >= 15 is 0 Å². The van der Waals surface area contributed by atoms with Crippen LogP contribution >= 0.6 is 7.82 Å². The number of fused-ring (bicyclic) bond motifs is 6. The van der Waals surface area contributed by atoms with Gasteiger partial charge in [0.05, 0.1) is 6.42 Å². The summed E-state index contributed by atoms with van der Waals surface area (Å²) in [5, 5.41) is 0. The molecule has 0 unspecified atom stereocenters. The average molecular weight is 420 g/mol. The van der Waals surface area contributed by atoms with Crippen molar-refractivity contribution in [2.75, 3.05) is 6.61 Å². The number of carbonyl (C=O) groups excluding carboxylic acids is 1. The number of hydrogen-bond acceptors (Lipinski definition) is 7. The fourth-order valence-electron chi connectivity index (χ4n) is 2.45. The summed E-state index contributed by atoms with van der Waals surface area (Å²) in [5.74, 6) is -0.218. The molecule has 0 saturated heterocycles. The van der Waals surface area contributed by atoms with Crippen molar-refractivity contribution >= 4 is 19.9 Å². The van der Waals surface area contributed by atoms with E-state index in [0.717, 1.165) is 5.56 Å². The van der Waals surface area contributed by atoms with Gasteiger partial charge in [-0.15, -0.1) is 0 Å². The van der Waals surface area contributed by atoms with Gasteiger partial charge in [0.25, 0.3) is 0 Å². The molecule has 0 amide bonds. The number of esters is 1. The van der Waals surface area contributed by atoms with Gasteiger partial charge in [0.1, 0.15) is 20.2 Å². The van der Waals surface area contributed by atoms with Crippen LogP contribution in [-0.4, -0.2) is 12.6 Å². The van der Waals surface area contributed by atoms with Crippen molar-refractivity contribution in [1.29, 1.82) is 0 Å². The van der Waals surface area contributed by atoms with E-state index in [1.54, 1.807) is 42.5 Å². The number of phosphoric ester groups is 1. The number of carbonyl (C=O) groups is 1. The molecule has 2 heterocycles. The van der Waals surface area contributed by atoms with Crippen molar-refractivity contribution in [3.8, 4) is 5.75 Å². The van der Waals surface area contributed by atoms with E-state index in [1.807, 2.05) is 0 Å². The van der Waals surface area contributed by atoms with Gasteiger partial charge in [0, 0.05) is 0 Å². The fraction of sp³-hybridized carbons (Fsp3) is 0.167. The quantitative estimate of drug-likeness (QED) is 0.273. The Morgan fingerprint density at radius 3 is 2.43 bits per heavy atom. The largest absolute Gasteiger partial charge is 1.00 e. The smallest absolute Gasteiger partial charge is 0.780 e. The van der Waals surface area contributed by atoms with Crippen LogP contribution in [0.3, 0.4) is 0 Å². The minimum absolute atomic E-state index is 0. The molecule has 4 rings (SSSR count). The molecule has 4 bridgehead atoms. The monoisotopic (exact) mass is 420 g/mol. The van der Waals surface area contributed by atoms with Crippen molar-refractivity contribution in [2.45, 2.75) is 12.8 Å². The third-order valence-electron chi connectivity index (χ3n) is 3.57. The zero-order valence-corrected chi connectivity index (χ0v) is 20.5. The molecule has 136 valence electrons. The zero-order chi connectivity index (χ0) is 18.6. The number of rotatable bonds is 2. The second-order valence-corrected chi connectivity index (χ2v) is 6.69. The molecule has 0 saturated carbocycles. The molecule has 0 radical (unpaired) electrons. The molecule has 2 aliphatic heterocycles. The van der Waals surface area contributed by atoms with E-state index in [2.05, 4.69) is 4.52 Å². The molecule has 0 spiro atoms. The number of hydrogen-bond donors (Lipinski definition) is 0. The predicted octanol–water partition coefficient (Wildman–Crippen LogP) is -4.02. The zero-order valence-electron chi connectivity index (χ0n) is 15.6. The maximum absolute atomic E-state index is 11.9. The van der Waals surface area contributed by atoms with Crippen molar-refractivity contribution in [3.63, 3.8) is 0 Å². The van der Waals surface area contributed by atoms with Gasteiger partial charge in [0.2, 0.25) is 0 Å². The van der Waals surface area contributed by atoms with Crippen LogP contribution in [0.4, 0.5) is 0 Å². The molecular weight excluding hydrogens is 405 g/mol. The van der Waals surface area contributed by atoms with Crippen molar-refractivity contribution < 1.29 is 92.3 Å². The minimum Gasteiger partial charge on any atom is -0.780 e. The normalized spacial score (nSPS) is 17.6. The first-order chi connectivity index (χ1) is 12.4. The predicted molar refractivity (Wildman–Crippen MR) is 89.2 cm³/mol. The molecule has 0 fully saturated rings. The number of allylic oxidation sites excluding steroid dienone is 3. The first kappa shape index (κ1) is 25.4. The van der Waals surface area contributed by atoms with Crippen LogP contribution in [0.25, 0.3) is 6.08 Å². The van der Waals surface area contributed by atoms with Crippen LogP contribution in [0.1, 0.15) is 18.4 Å². The van der Waals surface area contributed by atoms with Crippen LogP contribution in [0, 0.1) is 0 Å². The molecule has 1 aromatic rings. The molecule has 28 heavy (non-hydrogen) atoms. The fourth-order valence-corrected chi connectivity index (χ4v) is 2.84. The Balaban J connectivity index is 0.00000196. The van der Waals surface area contributed by atoms with Gasteiger partial charge in [-0.3, -0.25) is 4.79 Å². The van der Waals surface area contributed by atoms with Crippen LogP contribution in [0.5, 0.6) is 5.75 Å². The topological polar surface area (TPSA) is 108 Å².